The quantitative estimate of drug-likeness (QED) is 0.584. The third kappa shape index (κ3) is 3.21. The van der Waals surface area contributed by atoms with Gasteiger partial charge in [0.2, 0.25) is 0 Å². The summed E-state index contributed by atoms with van der Waals surface area (Å²) >= 11 is 10.0. The molecule has 0 aliphatic carbocycles. The second-order valence-corrected chi connectivity index (χ2v) is 6.56. The fourth-order valence-corrected chi connectivity index (χ4v) is 3.39. The minimum atomic E-state index is 0.210. The molecule has 0 aliphatic heterocycles. The smallest absolute Gasteiger partial charge is 0.0647 e. The van der Waals surface area contributed by atoms with E-state index in [0.29, 0.717) is 0 Å². The molecule has 0 fully saturated rings. The van der Waals surface area contributed by atoms with Crippen LogP contribution in [0, 0.1) is 27.7 Å². The molecule has 0 spiro atoms. The average Bonchev–Trinajstić information content (AvgIpc) is 2.31. The van der Waals surface area contributed by atoms with Gasteiger partial charge in [0.05, 0.1) is 4.83 Å². The van der Waals surface area contributed by atoms with Crippen molar-refractivity contribution in [1.29, 1.82) is 0 Å². The molecule has 1 unspecified atom stereocenters. The summed E-state index contributed by atoms with van der Waals surface area (Å²) in [6.45, 7) is 8.43. The summed E-state index contributed by atoms with van der Waals surface area (Å²) in [5, 5.41) is 0.835. The van der Waals surface area contributed by atoms with E-state index in [9.17, 15) is 0 Å². The Labute approximate surface area is 128 Å². The summed E-state index contributed by atoms with van der Waals surface area (Å²) in [6, 6.07) is 10.9. The largest absolute Gasteiger partial charge is 0.0840 e. The Morgan fingerprint density at radius 2 is 1.42 bits per heavy atom. The van der Waals surface area contributed by atoms with Gasteiger partial charge in [-0.2, -0.15) is 0 Å². The molecule has 19 heavy (non-hydrogen) atoms. The van der Waals surface area contributed by atoms with Gasteiger partial charge in [0, 0.05) is 5.02 Å². The van der Waals surface area contributed by atoms with Gasteiger partial charge < -0.3 is 0 Å². The first kappa shape index (κ1) is 14.6. The molecular weight excluding hydrogens is 320 g/mol. The van der Waals surface area contributed by atoms with Crippen LogP contribution in [0.4, 0.5) is 0 Å². The third-order valence-corrected chi connectivity index (χ3v) is 4.79. The maximum Gasteiger partial charge on any atom is 0.0647 e. The molecule has 0 radical (unpaired) electrons. The monoisotopic (exact) mass is 336 g/mol. The summed E-state index contributed by atoms with van der Waals surface area (Å²) in [6.07, 6.45) is 0. The molecule has 0 aromatic heterocycles. The Kier molecular flexibility index (Phi) is 4.37. The highest BCUT2D eigenvalue weighted by atomic mass is 79.9. The van der Waals surface area contributed by atoms with E-state index in [1.54, 1.807) is 0 Å². The highest BCUT2D eigenvalue weighted by Crippen LogP contribution is 2.35. The predicted molar refractivity (Wildman–Crippen MR) is 87.6 cm³/mol. The highest BCUT2D eigenvalue weighted by Gasteiger charge is 2.15. The first-order valence-corrected chi connectivity index (χ1v) is 7.66. The lowest BCUT2D eigenvalue weighted by Gasteiger charge is -2.16. The lowest BCUT2D eigenvalue weighted by atomic mass is 9.96. The Morgan fingerprint density at radius 3 is 2.00 bits per heavy atom. The van der Waals surface area contributed by atoms with Crippen molar-refractivity contribution >= 4 is 27.5 Å². The van der Waals surface area contributed by atoms with Crippen LogP contribution < -0.4 is 0 Å². The second kappa shape index (κ2) is 5.68. The molecule has 2 aromatic carbocycles. The molecule has 0 aliphatic rings. The maximum atomic E-state index is 6.17. The molecule has 0 heterocycles. The van der Waals surface area contributed by atoms with E-state index in [1.807, 2.05) is 13.0 Å². The minimum absolute atomic E-state index is 0.210. The van der Waals surface area contributed by atoms with Gasteiger partial charge in [0.15, 0.2) is 0 Å². The molecule has 1 atom stereocenters. The van der Waals surface area contributed by atoms with Gasteiger partial charge >= 0.3 is 0 Å². The molecule has 2 rings (SSSR count). The van der Waals surface area contributed by atoms with Crippen molar-refractivity contribution in [3.05, 3.63) is 68.7 Å². The summed E-state index contributed by atoms with van der Waals surface area (Å²) in [7, 11) is 0. The van der Waals surface area contributed by atoms with Gasteiger partial charge in [-0.1, -0.05) is 62.9 Å². The van der Waals surface area contributed by atoms with Gasteiger partial charge in [-0.15, -0.1) is 0 Å². The molecule has 0 nitrogen and oxygen atoms in total. The van der Waals surface area contributed by atoms with Crippen LogP contribution in [-0.2, 0) is 0 Å². The van der Waals surface area contributed by atoms with E-state index in [4.69, 9.17) is 11.6 Å². The van der Waals surface area contributed by atoms with Crippen LogP contribution in [0.5, 0.6) is 0 Å². The highest BCUT2D eigenvalue weighted by molar-refractivity contribution is 9.09. The van der Waals surface area contributed by atoms with E-state index in [-0.39, 0.29) is 4.83 Å². The number of rotatable bonds is 2. The topological polar surface area (TPSA) is 0 Å². The number of hydrogen-bond acceptors (Lipinski definition) is 0. The van der Waals surface area contributed by atoms with E-state index in [1.165, 1.54) is 27.8 Å². The normalized spacial score (nSPS) is 12.5. The van der Waals surface area contributed by atoms with Crippen LogP contribution >= 0.6 is 27.5 Å². The number of aryl methyl sites for hydroxylation is 4. The molecule has 2 aromatic rings. The van der Waals surface area contributed by atoms with Gasteiger partial charge in [0.25, 0.3) is 0 Å². The van der Waals surface area contributed by atoms with Crippen LogP contribution in [0.2, 0.25) is 5.02 Å². The Morgan fingerprint density at radius 1 is 0.842 bits per heavy atom. The van der Waals surface area contributed by atoms with Crippen molar-refractivity contribution in [1.82, 2.24) is 0 Å². The SMILES string of the molecule is Cc1cc(C)cc(C(Br)c2cc(C)c(Cl)cc2C)c1. The first-order valence-electron chi connectivity index (χ1n) is 6.37. The van der Waals surface area contributed by atoms with Gasteiger partial charge in [-0.3, -0.25) is 0 Å². The van der Waals surface area contributed by atoms with Gasteiger partial charge in [0.1, 0.15) is 0 Å². The Hall–Kier alpha value is -0.790. The van der Waals surface area contributed by atoms with Crippen LogP contribution in [0.3, 0.4) is 0 Å². The molecule has 100 valence electrons. The molecule has 0 amide bonds. The zero-order chi connectivity index (χ0) is 14.2. The summed E-state index contributed by atoms with van der Waals surface area (Å²) in [4.78, 5) is 0.210. The van der Waals surface area contributed by atoms with Crippen LogP contribution in [0.25, 0.3) is 0 Å². The molecule has 0 N–H and O–H groups in total. The Balaban J connectivity index is 2.49. The van der Waals surface area contributed by atoms with E-state index in [2.05, 4.69) is 61.0 Å². The van der Waals surface area contributed by atoms with E-state index in [0.717, 1.165) is 10.6 Å². The van der Waals surface area contributed by atoms with Crippen LogP contribution in [0.1, 0.15) is 38.2 Å². The van der Waals surface area contributed by atoms with Crippen molar-refractivity contribution in [2.75, 3.05) is 0 Å². The molecule has 0 saturated carbocycles. The molecule has 0 bridgehead atoms. The third-order valence-electron chi connectivity index (χ3n) is 3.36. The van der Waals surface area contributed by atoms with Crippen LogP contribution in [0.15, 0.2) is 30.3 Å². The molecular formula is C17H18BrCl. The van der Waals surface area contributed by atoms with E-state index < -0.39 is 0 Å². The minimum Gasteiger partial charge on any atom is -0.0840 e. The van der Waals surface area contributed by atoms with Gasteiger partial charge in [-0.25, -0.2) is 0 Å². The van der Waals surface area contributed by atoms with Crippen LogP contribution in [-0.4, -0.2) is 0 Å². The van der Waals surface area contributed by atoms with E-state index >= 15 is 0 Å². The van der Waals surface area contributed by atoms with Gasteiger partial charge in [-0.05, 0) is 56.0 Å². The number of benzene rings is 2. The van der Waals surface area contributed by atoms with Crippen molar-refractivity contribution in [2.24, 2.45) is 0 Å². The standard InChI is InChI=1S/C17H18BrCl/c1-10-5-11(2)7-14(6-10)17(18)15-8-13(4)16(19)9-12(15)3/h5-9,17H,1-4H3. The number of halogens is 2. The van der Waals surface area contributed by atoms with Crippen molar-refractivity contribution in [2.45, 2.75) is 32.5 Å². The van der Waals surface area contributed by atoms with Crippen molar-refractivity contribution < 1.29 is 0 Å². The fraction of sp³-hybridized carbons (Fsp3) is 0.294. The maximum absolute atomic E-state index is 6.17. The predicted octanol–water partition coefficient (Wildman–Crippen LogP) is 6.06. The zero-order valence-corrected chi connectivity index (χ0v) is 14.1. The lowest BCUT2D eigenvalue weighted by Crippen LogP contribution is -1.98. The zero-order valence-electron chi connectivity index (χ0n) is 11.7. The average molecular weight is 338 g/mol. The second-order valence-electron chi connectivity index (χ2n) is 5.24. The summed E-state index contributed by atoms with van der Waals surface area (Å²) in [5.74, 6) is 0. The van der Waals surface area contributed by atoms with Crippen molar-refractivity contribution in [3.63, 3.8) is 0 Å². The lowest BCUT2D eigenvalue weighted by molar-refractivity contribution is 1.12. The summed E-state index contributed by atoms with van der Waals surface area (Å²) < 4.78 is 0. The summed E-state index contributed by atoms with van der Waals surface area (Å²) in [5.41, 5.74) is 7.51. The number of alkyl halides is 1. The number of hydrogen-bond donors (Lipinski definition) is 0. The first-order chi connectivity index (χ1) is 8.88. The Bertz CT molecular complexity index is 597. The fourth-order valence-electron chi connectivity index (χ4n) is 2.41. The molecule has 2 heteroatoms. The molecule has 0 saturated heterocycles. The van der Waals surface area contributed by atoms with Crippen molar-refractivity contribution in [3.8, 4) is 0 Å².